The minimum absolute atomic E-state index is 0. The summed E-state index contributed by atoms with van der Waals surface area (Å²) in [6, 6.07) is 5.96. The number of aryl methyl sites for hydroxylation is 2. The molecule has 0 aromatic heterocycles. The lowest BCUT2D eigenvalue weighted by Gasteiger charge is -2.29. The highest BCUT2D eigenvalue weighted by atomic mass is 35.5. The highest BCUT2D eigenvalue weighted by Crippen LogP contribution is 2.16. The molecule has 0 bridgehead atoms. The number of hydrogen-bond acceptors (Lipinski definition) is 4. The number of amides is 2. The van der Waals surface area contributed by atoms with Crippen molar-refractivity contribution in [1.29, 1.82) is 0 Å². The Kier molecular flexibility index (Phi) is 8.18. The van der Waals surface area contributed by atoms with Crippen LogP contribution in [0, 0.1) is 13.8 Å². The lowest BCUT2D eigenvalue weighted by Crippen LogP contribution is -2.49. The van der Waals surface area contributed by atoms with E-state index in [-0.39, 0.29) is 37.3 Å². The molecule has 0 saturated carbocycles. The van der Waals surface area contributed by atoms with Crippen molar-refractivity contribution in [3.05, 3.63) is 29.3 Å². The lowest BCUT2D eigenvalue weighted by atomic mass is 10.1. The van der Waals surface area contributed by atoms with E-state index in [1.165, 1.54) is 0 Å². The van der Waals surface area contributed by atoms with E-state index in [2.05, 4.69) is 10.6 Å². The molecular weight excluding hydrogens is 328 g/mol. The Bertz CT molecular complexity index is 574. The Morgan fingerprint density at radius 2 is 1.88 bits per heavy atom. The first-order chi connectivity index (χ1) is 11.0. The van der Waals surface area contributed by atoms with Gasteiger partial charge in [0.25, 0.3) is 0 Å². The molecule has 0 unspecified atom stereocenters. The second-order valence-corrected chi connectivity index (χ2v) is 6.17. The molecule has 1 fully saturated rings. The fraction of sp³-hybridized carbons (Fsp3) is 0.529. The molecule has 2 N–H and O–H groups in total. The number of likely N-dealkylation sites (N-methyl/N-ethyl adjacent to an activating group) is 1. The molecule has 1 aliphatic rings. The fourth-order valence-electron chi connectivity index (χ4n) is 2.61. The molecule has 1 heterocycles. The van der Waals surface area contributed by atoms with E-state index in [4.69, 9.17) is 0 Å². The van der Waals surface area contributed by atoms with Crippen molar-refractivity contribution >= 4 is 29.9 Å². The van der Waals surface area contributed by atoms with Crippen LogP contribution in [0.1, 0.15) is 11.1 Å². The molecule has 2 rings (SSSR count). The van der Waals surface area contributed by atoms with Crippen molar-refractivity contribution < 1.29 is 9.59 Å². The summed E-state index contributed by atoms with van der Waals surface area (Å²) >= 11 is 0. The van der Waals surface area contributed by atoms with Crippen molar-refractivity contribution in [3.63, 3.8) is 0 Å². The summed E-state index contributed by atoms with van der Waals surface area (Å²) in [6.45, 7) is 7.57. The van der Waals surface area contributed by atoms with Crippen LogP contribution in [-0.4, -0.2) is 67.9 Å². The monoisotopic (exact) mass is 354 g/mol. The van der Waals surface area contributed by atoms with Gasteiger partial charge in [0.15, 0.2) is 0 Å². The Labute approximate surface area is 150 Å². The van der Waals surface area contributed by atoms with Crippen LogP contribution in [0.25, 0.3) is 0 Å². The van der Waals surface area contributed by atoms with Crippen LogP contribution in [-0.2, 0) is 9.59 Å². The number of halogens is 1. The minimum Gasteiger partial charge on any atom is -0.339 e. The third-order valence-electron chi connectivity index (χ3n) is 3.96. The van der Waals surface area contributed by atoms with E-state index in [9.17, 15) is 9.59 Å². The summed E-state index contributed by atoms with van der Waals surface area (Å²) in [5, 5.41) is 6.14. The topological polar surface area (TPSA) is 64.7 Å². The highest BCUT2D eigenvalue weighted by Gasteiger charge is 2.18. The smallest absolute Gasteiger partial charge is 0.238 e. The second-order valence-electron chi connectivity index (χ2n) is 6.17. The summed E-state index contributed by atoms with van der Waals surface area (Å²) in [7, 11) is 1.79. The molecular formula is C17H27ClN4O2. The van der Waals surface area contributed by atoms with E-state index >= 15 is 0 Å². The molecule has 0 atom stereocenters. The molecule has 1 aromatic carbocycles. The number of nitrogens with zero attached hydrogens (tertiary/aromatic N) is 2. The average molecular weight is 355 g/mol. The van der Waals surface area contributed by atoms with Gasteiger partial charge in [0.1, 0.15) is 0 Å². The number of anilines is 1. The fourth-order valence-corrected chi connectivity index (χ4v) is 2.61. The number of carbonyl (C=O) groups is 2. The van der Waals surface area contributed by atoms with Gasteiger partial charge < -0.3 is 15.5 Å². The Morgan fingerprint density at radius 3 is 2.54 bits per heavy atom. The molecule has 1 aromatic rings. The normalized spacial score (nSPS) is 14.2. The molecule has 24 heavy (non-hydrogen) atoms. The molecule has 0 radical (unpaired) electrons. The quantitative estimate of drug-likeness (QED) is 0.829. The van der Waals surface area contributed by atoms with Gasteiger partial charge in [0.2, 0.25) is 11.8 Å². The number of hydrogen-bond donors (Lipinski definition) is 2. The van der Waals surface area contributed by atoms with Crippen LogP contribution in [0.2, 0.25) is 0 Å². The van der Waals surface area contributed by atoms with Crippen LogP contribution in [0.3, 0.4) is 0 Å². The van der Waals surface area contributed by atoms with Crippen molar-refractivity contribution in [2.24, 2.45) is 0 Å². The second kappa shape index (κ2) is 9.61. The molecule has 2 amide bonds. The first-order valence-corrected chi connectivity index (χ1v) is 8.00. The van der Waals surface area contributed by atoms with E-state index in [1.54, 1.807) is 11.9 Å². The summed E-state index contributed by atoms with van der Waals surface area (Å²) in [5.41, 5.74) is 2.97. The van der Waals surface area contributed by atoms with Crippen molar-refractivity contribution in [2.75, 3.05) is 51.6 Å². The molecule has 134 valence electrons. The first kappa shape index (κ1) is 20.4. The Balaban J connectivity index is 0.00000288. The zero-order valence-corrected chi connectivity index (χ0v) is 15.4. The van der Waals surface area contributed by atoms with Gasteiger partial charge in [-0.2, -0.15) is 0 Å². The van der Waals surface area contributed by atoms with Gasteiger partial charge in [-0.05, 0) is 38.1 Å². The van der Waals surface area contributed by atoms with Gasteiger partial charge in [0, 0.05) is 31.9 Å². The third kappa shape index (κ3) is 6.11. The highest BCUT2D eigenvalue weighted by molar-refractivity contribution is 5.93. The third-order valence-corrected chi connectivity index (χ3v) is 3.96. The summed E-state index contributed by atoms with van der Waals surface area (Å²) in [4.78, 5) is 27.9. The number of rotatable bonds is 5. The van der Waals surface area contributed by atoms with Crippen LogP contribution >= 0.6 is 12.4 Å². The maximum Gasteiger partial charge on any atom is 0.238 e. The predicted molar refractivity (Wildman–Crippen MR) is 98.7 cm³/mol. The zero-order chi connectivity index (χ0) is 16.8. The Hall–Kier alpha value is -1.63. The Morgan fingerprint density at radius 1 is 1.21 bits per heavy atom. The largest absolute Gasteiger partial charge is 0.339 e. The lowest BCUT2D eigenvalue weighted by molar-refractivity contribution is -0.133. The number of carbonyl (C=O) groups excluding carboxylic acids is 2. The van der Waals surface area contributed by atoms with E-state index in [0.29, 0.717) is 0 Å². The van der Waals surface area contributed by atoms with Gasteiger partial charge in [0.05, 0.1) is 13.1 Å². The van der Waals surface area contributed by atoms with Crippen molar-refractivity contribution in [1.82, 2.24) is 15.1 Å². The number of nitrogens with one attached hydrogen (secondary N) is 2. The maximum atomic E-state index is 12.2. The summed E-state index contributed by atoms with van der Waals surface area (Å²) < 4.78 is 0. The van der Waals surface area contributed by atoms with Crippen molar-refractivity contribution in [3.8, 4) is 0 Å². The van der Waals surface area contributed by atoms with Gasteiger partial charge >= 0.3 is 0 Å². The van der Waals surface area contributed by atoms with Crippen LogP contribution in [0.4, 0.5) is 5.69 Å². The zero-order valence-electron chi connectivity index (χ0n) is 14.6. The SMILES string of the molecule is Cc1ccc(C)c(NC(=O)CN(C)CC(=O)N2CCNCC2)c1.Cl. The van der Waals surface area contributed by atoms with Crippen LogP contribution in [0.5, 0.6) is 0 Å². The van der Waals surface area contributed by atoms with E-state index < -0.39 is 0 Å². The maximum absolute atomic E-state index is 12.2. The predicted octanol–water partition coefficient (Wildman–Crippen LogP) is 1.03. The van der Waals surface area contributed by atoms with E-state index in [0.717, 1.165) is 43.0 Å². The first-order valence-electron chi connectivity index (χ1n) is 8.00. The number of benzene rings is 1. The summed E-state index contributed by atoms with van der Waals surface area (Å²) in [6.07, 6.45) is 0. The standard InChI is InChI=1S/C17H26N4O2.ClH/c1-13-4-5-14(2)15(10-13)19-16(22)11-20(3)12-17(23)21-8-6-18-7-9-21;/h4-5,10,18H,6-9,11-12H2,1-3H3,(H,19,22);1H. The van der Waals surface area contributed by atoms with Crippen LogP contribution in [0.15, 0.2) is 18.2 Å². The van der Waals surface area contributed by atoms with Gasteiger partial charge in [-0.15, -0.1) is 12.4 Å². The molecule has 7 heteroatoms. The molecule has 6 nitrogen and oxygen atoms in total. The summed E-state index contributed by atoms with van der Waals surface area (Å²) in [5.74, 6) is -0.0251. The molecule has 0 aliphatic carbocycles. The molecule has 1 saturated heterocycles. The number of piperazine rings is 1. The van der Waals surface area contributed by atoms with E-state index in [1.807, 2.05) is 36.9 Å². The minimum atomic E-state index is -0.102. The molecule has 0 spiro atoms. The van der Waals surface area contributed by atoms with Crippen LogP contribution < -0.4 is 10.6 Å². The van der Waals surface area contributed by atoms with Gasteiger partial charge in [-0.1, -0.05) is 12.1 Å². The van der Waals surface area contributed by atoms with Crippen molar-refractivity contribution in [2.45, 2.75) is 13.8 Å². The van der Waals surface area contributed by atoms with Gasteiger partial charge in [-0.3, -0.25) is 14.5 Å². The average Bonchev–Trinajstić information content (AvgIpc) is 2.51. The molecule has 1 aliphatic heterocycles. The van der Waals surface area contributed by atoms with Gasteiger partial charge in [-0.25, -0.2) is 0 Å².